The van der Waals surface area contributed by atoms with E-state index in [1.807, 2.05) is 0 Å². The summed E-state index contributed by atoms with van der Waals surface area (Å²) in [4.78, 5) is 11.4. The first-order chi connectivity index (χ1) is 7.75. The summed E-state index contributed by atoms with van der Waals surface area (Å²) >= 11 is 0. The Labute approximate surface area is 105 Å². The number of carbonyl (C=O) groups is 1. The first kappa shape index (κ1) is 13.7. The van der Waals surface area contributed by atoms with Crippen molar-refractivity contribution in [1.82, 2.24) is 0 Å². The molecule has 0 atom stereocenters. The van der Waals surface area contributed by atoms with Crippen LogP contribution in [-0.2, 0) is 16.6 Å². The van der Waals surface area contributed by atoms with Crippen molar-refractivity contribution >= 4 is 5.78 Å². The van der Waals surface area contributed by atoms with Crippen LogP contribution in [0.5, 0.6) is 0 Å². The number of rotatable bonds is 3. The quantitative estimate of drug-likeness (QED) is 0.720. The van der Waals surface area contributed by atoms with Gasteiger partial charge in [0.15, 0.2) is 5.78 Å². The average Bonchev–Trinajstić information content (AvgIpc) is 2.21. The van der Waals surface area contributed by atoms with Crippen molar-refractivity contribution in [3.05, 3.63) is 47.0 Å². The van der Waals surface area contributed by atoms with Crippen LogP contribution in [0.3, 0.4) is 0 Å². The molecule has 1 nitrogen and oxygen atoms in total. The van der Waals surface area contributed by atoms with Gasteiger partial charge in [-0.2, -0.15) is 0 Å². The molecular weight excluding hydrogens is 208 g/mol. The van der Waals surface area contributed by atoms with Gasteiger partial charge in [-0.1, -0.05) is 39.5 Å². The molecule has 0 bridgehead atoms. The van der Waals surface area contributed by atoms with E-state index in [1.54, 1.807) is 0 Å². The molecule has 0 spiro atoms. The van der Waals surface area contributed by atoms with Crippen molar-refractivity contribution in [3.63, 3.8) is 0 Å². The maximum absolute atomic E-state index is 11.4. The first-order valence-electron chi connectivity index (χ1n) is 6.01. The first-order valence-corrected chi connectivity index (χ1v) is 6.01. The Kier molecular flexibility index (Phi) is 3.92. The summed E-state index contributed by atoms with van der Waals surface area (Å²) in [6, 6.07) is 4.39. The topological polar surface area (TPSA) is 17.1 Å². The fourth-order valence-corrected chi connectivity index (χ4v) is 1.95. The zero-order valence-electron chi connectivity index (χ0n) is 11.6. The number of ketones is 1. The largest absolute Gasteiger partial charge is 0.295 e. The lowest BCUT2D eigenvalue weighted by Crippen LogP contribution is -2.13. The van der Waals surface area contributed by atoms with Gasteiger partial charge < -0.3 is 0 Å². The highest BCUT2D eigenvalue weighted by Gasteiger charge is 2.16. The van der Waals surface area contributed by atoms with E-state index < -0.39 is 0 Å². The molecule has 0 amide bonds. The van der Waals surface area contributed by atoms with Gasteiger partial charge in [0.25, 0.3) is 0 Å². The van der Waals surface area contributed by atoms with Crippen molar-refractivity contribution in [2.45, 2.75) is 46.5 Å². The molecule has 1 rings (SSSR count). The van der Waals surface area contributed by atoms with Crippen molar-refractivity contribution in [1.29, 1.82) is 0 Å². The molecular formula is C16H22O. The molecule has 0 N–H and O–H groups in total. The summed E-state index contributed by atoms with van der Waals surface area (Å²) in [7, 11) is 0. The van der Waals surface area contributed by atoms with Crippen LogP contribution >= 0.6 is 0 Å². The Bertz CT molecular complexity index is 424. The second-order valence-corrected chi connectivity index (χ2v) is 5.69. The molecule has 92 valence electrons. The molecule has 0 aromatic heterocycles. The minimum atomic E-state index is 0.0831. The van der Waals surface area contributed by atoms with E-state index in [1.165, 1.54) is 22.8 Å². The van der Waals surface area contributed by atoms with Crippen LogP contribution in [0, 0.1) is 13.8 Å². The van der Waals surface area contributed by atoms with Crippen LogP contribution < -0.4 is 0 Å². The van der Waals surface area contributed by atoms with Crippen molar-refractivity contribution in [2.75, 3.05) is 0 Å². The number of hydrogen-bond donors (Lipinski definition) is 0. The fraction of sp³-hybridized carbons (Fsp3) is 0.438. The summed E-state index contributed by atoms with van der Waals surface area (Å²) < 4.78 is 0. The van der Waals surface area contributed by atoms with Crippen LogP contribution in [0.25, 0.3) is 0 Å². The summed E-state index contributed by atoms with van der Waals surface area (Å²) in [6.45, 7) is 14.3. The Morgan fingerprint density at radius 2 is 1.71 bits per heavy atom. The number of hydrogen-bond acceptors (Lipinski definition) is 1. The van der Waals surface area contributed by atoms with Crippen LogP contribution in [0.2, 0.25) is 0 Å². The molecule has 0 aliphatic rings. The Balaban J connectivity index is 3.20. The maximum Gasteiger partial charge on any atom is 0.159 e. The lowest BCUT2D eigenvalue weighted by molar-refractivity contribution is -0.114. The fourth-order valence-electron chi connectivity index (χ4n) is 1.95. The Morgan fingerprint density at radius 1 is 1.24 bits per heavy atom. The second kappa shape index (κ2) is 4.87. The number of aryl methyl sites for hydroxylation is 2. The summed E-state index contributed by atoms with van der Waals surface area (Å²) in [5, 5.41) is 0. The average molecular weight is 230 g/mol. The van der Waals surface area contributed by atoms with Crippen molar-refractivity contribution in [2.24, 2.45) is 0 Å². The molecule has 1 aromatic rings. The summed E-state index contributed by atoms with van der Waals surface area (Å²) in [5.41, 5.74) is 5.01. The molecule has 0 fully saturated rings. The normalized spacial score (nSPS) is 11.4. The third-order valence-corrected chi connectivity index (χ3v) is 3.14. The minimum absolute atomic E-state index is 0.0831. The van der Waals surface area contributed by atoms with Gasteiger partial charge in [-0.05, 0) is 47.6 Å². The third-order valence-electron chi connectivity index (χ3n) is 3.14. The molecule has 0 heterocycles. The number of benzene rings is 1. The van der Waals surface area contributed by atoms with Gasteiger partial charge in [0.2, 0.25) is 0 Å². The van der Waals surface area contributed by atoms with Gasteiger partial charge in [0.1, 0.15) is 0 Å². The van der Waals surface area contributed by atoms with Gasteiger partial charge in [0, 0.05) is 6.42 Å². The van der Waals surface area contributed by atoms with Crippen LogP contribution in [-0.4, -0.2) is 5.78 Å². The highest BCUT2D eigenvalue weighted by molar-refractivity contribution is 5.91. The molecule has 0 aliphatic heterocycles. The van der Waals surface area contributed by atoms with Crippen molar-refractivity contribution < 1.29 is 4.79 Å². The van der Waals surface area contributed by atoms with Gasteiger partial charge >= 0.3 is 0 Å². The van der Waals surface area contributed by atoms with Crippen molar-refractivity contribution in [3.8, 4) is 0 Å². The predicted molar refractivity (Wildman–Crippen MR) is 73.5 cm³/mol. The monoisotopic (exact) mass is 230 g/mol. The standard InChI is InChI=1S/C16H22O/c1-7-14(17)10-15-11(2)8-13(9-12(15)3)16(4,5)6/h7-9H,1,10H2,2-6H3. The molecule has 0 saturated heterocycles. The summed E-state index contributed by atoms with van der Waals surface area (Å²) in [5.74, 6) is 0.0831. The number of allylic oxidation sites excluding steroid dienone is 1. The Hall–Kier alpha value is -1.37. The van der Waals surface area contributed by atoms with E-state index in [0.29, 0.717) is 6.42 Å². The minimum Gasteiger partial charge on any atom is -0.295 e. The second-order valence-electron chi connectivity index (χ2n) is 5.69. The van der Waals surface area contributed by atoms with E-state index in [9.17, 15) is 4.79 Å². The van der Waals surface area contributed by atoms with E-state index in [0.717, 1.165) is 5.56 Å². The molecule has 1 aromatic carbocycles. The highest BCUT2D eigenvalue weighted by atomic mass is 16.1. The van der Waals surface area contributed by atoms with E-state index >= 15 is 0 Å². The third kappa shape index (κ3) is 3.29. The molecule has 0 unspecified atom stereocenters. The van der Waals surface area contributed by atoms with Gasteiger partial charge in [-0.25, -0.2) is 0 Å². The SMILES string of the molecule is C=CC(=O)Cc1c(C)cc(C(C)(C)C)cc1C. The van der Waals surface area contributed by atoms with Gasteiger partial charge in [-0.15, -0.1) is 0 Å². The zero-order chi connectivity index (χ0) is 13.2. The lowest BCUT2D eigenvalue weighted by Gasteiger charge is -2.22. The van der Waals surface area contributed by atoms with Crippen LogP contribution in [0.1, 0.15) is 43.0 Å². The maximum atomic E-state index is 11.4. The number of carbonyl (C=O) groups excluding carboxylic acids is 1. The zero-order valence-corrected chi connectivity index (χ0v) is 11.6. The Morgan fingerprint density at radius 3 is 2.06 bits per heavy atom. The lowest BCUT2D eigenvalue weighted by atomic mass is 9.83. The van der Waals surface area contributed by atoms with Gasteiger partial charge in [0.05, 0.1) is 0 Å². The van der Waals surface area contributed by atoms with E-state index in [-0.39, 0.29) is 11.2 Å². The van der Waals surface area contributed by atoms with Crippen LogP contribution in [0.4, 0.5) is 0 Å². The molecule has 0 radical (unpaired) electrons. The van der Waals surface area contributed by atoms with Gasteiger partial charge in [-0.3, -0.25) is 4.79 Å². The van der Waals surface area contributed by atoms with E-state index in [2.05, 4.69) is 53.3 Å². The molecule has 0 saturated carbocycles. The van der Waals surface area contributed by atoms with E-state index in [4.69, 9.17) is 0 Å². The molecule has 1 heteroatoms. The molecule has 0 aliphatic carbocycles. The summed E-state index contributed by atoms with van der Waals surface area (Å²) in [6.07, 6.45) is 1.86. The smallest absolute Gasteiger partial charge is 0.159 e. The van der Waals surface area contributed by atoms with Crippen LogP contribution in [0.15, 0.2) is 24.8 Å². The highest BCUT2D eigenvalue weighted by Crippen LogP contribution is 2.27. The molecule has 17 heavy (non-hydrogen) atoms. The predicted octanol–water partition coefficient (Wildman–Crippen LogP) is 3.90.